The van der Waals surface area contributed by atoms with Crippen LogP contribution in [-0.2, 0) is 4.79 Å². The van der Waals surface area contributed by atoms with Gasteiger partial charge in [0.15, 0.2) is 0 Å². The van der Waals surface area contributed by atoms with Crippen molar-refractivity contribution in [3.05, 3.63) is 46.8 Å². The first kappa shape index (κ1) is 19.2. The maximum absolute atomic E-state index is 12.3. The molecule has 2 N–H and O–H groups in total. The fourth-order valence-corrected chi connectivity index (χ4v) is 3.23. The number of nitrogens with one attached hydrogen (secondary N) is 2. The summed E-state index contributed by atoms with van der Waals surface area (Å²) in [5.74, 6) is 0.648. The third-order valence-electron chi connectivity index (χ3n) is 4.03. The van der Waals surface area contributed by atoms with Gasteiger partial charge in [-0.25, -0.2) is 9.78 Å². The highest BCUT2D eigenvalue weighted by Gasteiger charge is 2.22. The number of hydrogen-bond donors (Lipinski definition) is 2. The first-order chi connectivity index (χ1) is 13.0. The summed E-state index contributed by atoms with van der Waals surface area (Å²) in [5.41, 5.74) is 0.454. The lowest BCUT2D eigenvalue weighted by Crippen LogP contribution is -2.51. The average molecular weight is 409 g/mol. The second-order valence-corrected chi connectivity index (χ2v) is 6.77. The largest absolute Gasteiger partial charge is 0.352 e. The summed E-state index contributed by atoms with van der Waals surface area (Å²) in [6.45, 7) is 2.35. The van der Waals surface area contributed by atoms with E-state index in [0.717, 1.165) is 5.82 Å². The van der Waals surface area contributed by atoms with Gasteiger partial charge in [-0.05, 0) is 18.2 Å². The Morgan fingerprint density at radius 1 is 1.04 bits per heavy atom. The molecule has 3 amide bonds. The molecule has 3 rings (SSSR count). The molecule has 0 atom stereocenters. The summed E-state index contributed by atoms with van der Waals surface area (Å²) in [4.78, 5) is 36.4. The van der Waals surface area contributed by atoms with Crippen molar-refractivity contribution in [2.45, 2.75) is 0 Å². The van der Waals surface area contributed by atoms with E-state index in [9.17, 15) is 9.59 Å². The number of anilines is 2. The second kappa shape index (κ2) is 8.88. The summed E-state index contributed by atoms with van der Waals surface area (Å²) in [6.07, 6.45) is 4.96. The number of carbonyl (C=O) groups excluding carboxylic acids is 2. The zero-order valence-electron chi connectivity index (χ0n) is 14.4. The second-order valence-electron chi connectivity index (χ2n) is 5.90. The Hall–Kier alpha value is -2.58. The summed E-state index contributed by atoms with van der Waals surface area (Å²) >= 11 is 11.8. The molecule has 1 aromatic heterocycles. The summed E-state index contributed by atoms with van der Waals surface area (Å²) in [5, 5.41) is 5.97. The molecule has 2 aromatic rings. The van der Waals surface area contributed by atoms with Crippen LogP contribution in [0.1, 0.15) is 0 Å². The predicted molar refractivity (Wildman–Crippen MR) is 104 cm³/mol. The Labute approximate surface area is 166 Å². The van der Waals surface area contributed by atoms with E-state index < -0.39 is 6.03 Å². The molecule has 0 bridgehead atoms. The van der Waals surface area contributed by atoms with Crippen LogP contribution in [0.3, 0.4) is 0 Å². The van der Waals surface area contributed by atoms with Crippen LogP contribution in [0.2, 0.25) is 10.0 Å². The molecule has 27 heavy (non-hydrogen) atoms. The summed E-state index contributed by atoms with van der Waals surface area (Å²) < 4.78 is 0. The zero-order chi connectivity index (χ0) is 19.2. The number of benzene rings is 1. The lowest BCUT2D eigenvalue weighted by Gasteiger charge is -2.35. The van der Waals surface area contributed by atoms with Crippen molar-refractivity contribution < 1.29 is 9.59 Å². The van der Waals surface area contributed by atoms with Crippen LogP contribution in [0.4, 0.5) is 16.3 Å². The van der Waals surface area contributed by atoms with Gasteiger partial charge in [0.05, 0.1) is 12.7 Å². The lowest BCUT2D eigenvalue weighted by atomic mass is 10.3. The lowest BCUT2D eigenvalue weighted by molar-refractivity contribution is -0.130. The van der Waals surface area contributed by atoms with E-state index in [2.05, 4.69) is 25.5 Å². The monoisotopic (exact) mass is 408 g/mol. The van der Waals surface area contributed by atoms with Crippen LogP contribution in [0.5, 0.6) is 0 Å². The van der Waals surface area contributed by atoms with E-state index in [0.29, 0.717) is 41.9 Å². The number of piperazine rings is 1. The Morgan fingerprint density at radius 2 is 1.74 bits per heavy atom. The van der Waals surface area contributed by atoms with Crippen molar-refractivity contribution in [3.8, 4) is 0 Å². The Morgan fingerprint density at radius 3 is 2.37 bits per heavy atom. The molecule has 1 saturated heterocycles. The van der Waals surface area contributed by atoms with Crippen LogP contribution in [-0.4, -0.2) is 59.5 Å². The van der Waals surface area contributed by atoms with Crippen molar-refractivity contribution in [1.82, 2.24) is 20.2 Å². The molecule has 8 nitrogen and oxygen atoms in total. The first-order valence-corrected chi connectivity index (χ1v) is 9.06. The molecule has 142 valence electrons. The fraction of sp³-hybridized carbons (Fsp3) is 0.294. The molecular formula is C17H18Cl2N6O2. The highest BCUT2D eigenvalue weighted by atomic mass is 35.5. The number of urea groups is 1. The quantitative estimate of drug-likeness (QED) is 0.809. The van der Waals surface area contributed by atoms with Crippen LogP contribution >= 0.6 is 23.2 Å². The van der Waals surface area contributed by atoms with Crippen molar-refractivity contribution in [2.75, 3.05) is 42.9 Å². The van der Waals surface area contributed by atoms with Gasteiger partial charge in [0.25, 0.3) is 0 Å². The Balaban J connectivity index is 1.43. The minimum absolute atomic E-state index is 0.0920. The van der Waals surface area contributed by atoms with Crippen molar-refractivity contribution >= 4 is 46.6 Å². The van der Waals surface area contributed by atoms with Crippen molar-refractivity contribution in [3.63, 3.8) is 0 Å². The van der Waals surface area contributed by atoms with Gasteiger partial charge >= 0.3 is 6.03 Å². The first-order valence-electron chi connectivity index (χ1n) is 8.31. The molecule has 1 fully saturated rings. The number of carbonyl (C=O) groups is 2. The maximum Gasteiger partial charge on any atom is 0.319 e. The molecule has 1 aromatic carbocycles. The predicted octanol–water partition coefficient (Wildman–Crippen LogP) is 2.25. The van der Waals surface area contributed by atoms with Crippen molar-refractivity contribution in [2.24, 2.45) is 0 Å². The molecule has 1 aliphatic heterocycles. The fourth-order valence-electron chi connectivity index (χ4n) is 2.71. The standard InChI is InChI=1S/C17H18Cl2N6O2/c18-12-7-13(19)9-14(8-12)23-17(27)22-11-16(26)25-5-3-24(4-6-25)15-10-20-1-2-21-15/h1-2,7-10H,3-6,11H2,(H2,22,23,27). The highest BCUT2D eigenvalue weighted by Crippen LogP contribution is 2.22. The van der Waals surface area contributed by atoms with Crippen LogP contribution in [0, 0.1) is 0 Å². The van der Waals surface area contributed by atoms with Gasteiger partial charge in [0.2, 0.25) is 5.91 Å². The molecule has 0 saturated carbocycles. The molecule has 0 spiro atoms. The molecule has 2 heterocycles. The van der Waals surface area contributed by atoms with E-state index in [1.165, 1.54) is 0 Å². The summed E-state index contributed by atoms with van der Waals surface area (Å²) in [7, 11) is 0. The number of nitrogens with zero attached hydrogens (tertiary/aromatic N) is 4. The SMILES string of the molecule is O=C(NCC(=O)N1CCN(c2cnccn2)CC1)Nc1cc(Cl)cc(Cl)c1. The van der Waals surface area contributed by atoms with Gasteiger partial charge < -0.3 is 20.4 Å². The molecule has 1 aliphatic rings. The number of amides is 3. The number of aromatic nitrogens is 2. The van der Waals surface area contributed by atoms with Crippen LogP contribution in [0.25, 0.3) is 0 Å². The van der Waals surface area contributed by atoms with Crippen molar-refractivity contribution in [1.29, 1.82) is 0 Å². The van der Waals surface area contributed by atoms with Gasteiger partial charge in [-0.3, -0.25) is 9.78 Å². The van der Waals surface area contributed by atoms with E-state index in [-0.39, 0.29) is 12.5 Å². The number of hydrogen-bond acceptors (Lipinski definition) is 5. The highest BCUT2D eigenvalue weighted by molar-refractivity contribution is 6.35. The normalized spacial score (nSPS) is 14.0. The van der Waals surface area contributed by atoms with E-state index >= 15 is 0 Å². The van der Waals surface area contributed by atoms with Gasteiger partial charge in [-0.15, -0.1) is 0 Å². The molecular weight excluding hydrogens is 391 g/mol. The third kappa shape index (κ3) is 5.45. The molecule has 10 heteroatoms. The topological polar surface area (TPSA) is 90.5 Å². The van der Waals surface area contributed by atoms with Crippen LogP contribution < -0.4 is 15.5 Å². The maximum atomic E-state index is 12.3. The minimum Gasteiger partial charge on any atom is -0.352 e. The Kier molecular flexibility index (Phi) is 6.31. The smallest absolute Gasteiger partial charge is 0.319 e. The number of halogens is 2. The minimum atomic E-state index is -0.500. The molecule has 0 unspecified atom stereocenters. The summed E-state index contributed by atoms with van der Waals surface area (Å²) in [6, 6.07) is 4.21. The van der Waals surface area contributed by atoms with Crippen LogP contribution in [0.15, 0.2) is 36.8 Å². The van der Waals surface area contributed by atoms with Gasteiger partial charge in [-0.2, -0.15) is 0 Å². The zero-order valence-corrected chi connectivity index (χ0v) is 15.9. The van der Waals surface area contributed by atoms with Gasteiger partial charge in [-0.1, -0.05) is 23.2 Å². The van der Waals surface area contributed by atoms with Gasteiger partial charge in [0, 0.05) is 54.3 Å². The van der Waals surface area contributed by atoms with E-state index in [4.69, 9.17) is 23.2 Å². The number of rotatable bonds is 4. The molecule has 0 aliphatic carbocycles. The average Bonchev–Trinajstić information content (AvgIpc) is 2.66. The Bertz CT molecular complexity index is 792. The van der Waals surface area contributed by atoms with Gasteiger partial charge in [0.1, 0.15) is 5.82 Å². The van der Waals surface area contributed by atoms with E-state index in [1.807, 2.05) is 0 Å². The van der Waals surface area contributed by atoms with E-state index in [1.54, 1.807) is 41.7 Å². The molecule has 0 radical (unpaired) electrons. The third-order valence-corrected chi connectivity index (χ3v) is 4.46.